The van der Waals surface area contributed by atoms with Crippen LogP contribution in [0.4, 0.5) is 5.69 Å². The van der Waals surface area contributed by atoms with Gasteiger partial charge in [-0.2, -0.15) is 0 Å². The number of hydrogen-bond donors (Lipinski definition) is 2. The van der Waals surface area contributed by atoms with Crippen LogP contribution in [0.3, 0.4) is 0 Å². The third kappa shape index (κ3) is 6.59. The van der Waals surface area contributed by atoms with Gasteiger partial charge in [-0.25, -0.2) is 4.98 Å². The molecule has 2 N–H and O–H groups in total. The van der Waals surface area contributed by atoms with Crippen LogP contribution >= 0.6 is 11.6 Å². The van der Waals surface area contributed by atoms with Gasteiger partial charge in [0.15, 0.2) is 11.8 Å². The summed E-state index contributed by atoms with van der Waals surface area (Å²) in [5, 5.41) is 5.00. The number of anilines is 1. The van der Waals surface area contributed by atoms with Crippen molar-refractivity contribution in [3.05, 3.63) is 53.3 Å². The molecule has 2 rings (SSSR count). The number of amides is 2. The zero-order valence-electron chi connectivity index (χ0n) is 14.5. The standard InChI is InChI=1S/C18H18ClN3O5/c1-2-26-13-7-5-12(6-8-13)18(25)21-10-16(24)27-11-15(23)22-14-4-3-9-20-17(14)19/h3-9H,2,10-11H2,1H3,(H,21,25)(H,22,23). The molecule has 9 heteroatoms. The minimum absolute atomic E-state index is 0.125. The Morgan fingerprint density at radius 2 is 1.89 bits per heavy atom. The summed E-state index contributed by atoms with van der Waals surface area (Å²) in [6, 6.07) is 9.64. The quantitative estimate of drug-likeness (QED) is 0.527. The molecular weight excluding hydrogens is 374 g/mol. The van der Waals surface area contributed by atoms with Gasteiger partial charge in [-0.3, -0.25) is 14.4 Å². The number of nitrogens with one attached hydrogen (secondary N) is 2. The van der Waals surface area contributed by atoms with Crippen molar-refractivity contribution in [2.75, 3.05) is 25.1 Å². The van der Waals surface area contributed by atoms with E-state index in [1.807, 2.05) is 6.92 Å². The number of ether oxygens (including phenoxy) is 2. The zero-order chi connectivity index (χ0) is 19.6. The van der Waals surface area contributed by atoms with E-state index in [0.717, 1.165) is 0 Å². The van der Waals surface area contributed by atoms with Gasteiger partial charge in [-0.15, -0.1) is 0 Å². The second-order valence-electron chi connectivity index (χ2n) is 5.19. The molecule has 27 heavy (non-hydrogen) atoms. The molecule has 2 amide bonds. The fraction of sp³-hybridized carbons (Fsp3) is 0.222. The largest absolute Gasteiger partial charge is 0.494 e. The molecule has 0 atom stereocenters. The molecule has 0 saturated heterocycles. The molecule has 1 aromatic carbocycles. The third-order valence-corrected chi connectivity index (χ3v) is 3.52. The summed E-state index contributed by atoms with van der Waals surface area (Å²) in [5.41, 5.74) is 0.680. The molecule has 8 nitrogen and oxygen atoms in total. The van der Waals surface area contributed by atoms with Crippen molar-refractivity contribution in [3.8, 4) is 5.75 Å². The molecule has 142 valence electrons. The molecule has 0 fully saturated rings. The maximum absolute atomic E-state index is 12.0. The zero-order valence-corrected chi connectivity index (χ0v) is 15.3. The predicted octanol–water partition coefficient (Wildman–Crippen LogP) is 2.05. The first-order valence-electron chi connectivity index (χ1n) is 8.06. The van der Waals surface area contributed by atoms with E-state index in [1.165, 1.54) is 6.20 Å². The second kappa shape index (κ2) is 10.1. The van der Waals surface area contributed by atoms with Gasteiger partial charge in [0.25, 0.3) is 11.8 Å². The highest BCUT2D eigenvalue weighted by molar-refractivity contribution is 6.32. The monoisotopic (exact) mass is 391 g/mol. The average molecular weight is 392 g/mol. The number of aromatic nitrogens is 1. The van der Waals surface area contributed by atoms with Gasteiger partial charge >= 0.3 is 5.97 Å². The van der Waals surface area contributed by atoms with Crippen LogP contribution in [0.5, 0.6) is 5.75 Å². The summed E-state index contributed by atoms with van der Waals surface area (Å²) in [5.74, 6) is -1.12. The van der Waals surface area contributed by atoms with Crippen molar-refractivity contribution in [3.63, 3.8) is 0 Å². The normalized spacial score (nSPS) is 10.0. The molecule has 1 aromatic heterocycles. The average Bonchev–Trinajstić information content (AvgIpc) is 2.67. The van der Waals surface area contributed by atoms with E-state index >= 15 is 0 Å². The van der Waals surface area contributed by atoms with Gasteiger partial charge < -0.3 is 20.1 Å². The third-order valence-electron chi connectivity index (χ3n) is 3.22. The van der Waals surface area contributed by atoms with E-state index in [0.29, 0.717) is 23.6 Å². The molecule has 0 aliphatic rings. The lowest BCUT2D eigenvalue weighted by molar-refractivity contribution is -0.146. The van der Waals surface area contributed by atoms with Crippen LogP contribution in [0.15, 0.2) is 42.6 Å². The number of benzene rings is 1. The summed E-state index contributed by atoms with van der Waals surface area (Å²) < 4.78 is 10.1. The molecular formula is C18H18ClN3O5. The Balaban J connectivity index is 1.73. The number of carbonyl (C=O) groups excluding carboxylic acids is 3. The van der Waals surface area contributed by atoms with Crippen LogP contribution in [-0.2, 0) is 14.3 Å². The van der Waals surface area contributed by atoms with Crippen LogP contribution in [-0.4, -0.2) is 42.5 Å². The molecule has 2 aromatic rings. The van der Waals surface area contributed by atoms with E-state index in [4.69, 9.17) is 21.1 Å². The van der Waals surface area contributed by atoms with E-state index < -0.39 is 24.4 Å². The van der Waals surface area contributed by atoms with Gasteiger partial charge in [-0.05, 0) is 43.3 Å². The molecule has 0 aliphatic carbocycles. The number of nitrogens with zero attached hydrogens (tertiary/aromatic N) is 1. The van der Waals surface area contributed by atoms with Crippen molar-refractivity contribution < 1.29 is 23.9 Å². The van der Waals surface area contributed by atoms with Gasteiger partial charge in [-0.1, -0.05) is 11.6 Å². The highest BCUT2D eigenvalue weighted by Gasteiger charge is 2.12. The first kappa shape index (κ1) is 20.2. The smallest absolute Gasteiger partial charge is 0.325 e. The van der Waals surface area contributed by atoms with Crippen LogP contribution < -0.4 is 15.4 Å². The van der Waals surface area contributed by atoms with Gasteiger partial charge in [0.1, 0.15) is 12.3 Å². The maximum atomic E-state index is 12.0. The lowest BCUT2D eigenvalue weighted by atomic mass is 10.2. The Labute approximate surface area is 160 Å². The van der Waals surface area contributed by atoms with Gasteiger partial charge in [0, 0.05) is 11.8 Å². The van der Waals surface area contributed by atoms with Crippen LogP contribution in [0.2, 0.25) is 5.15 Å². The van der Waals surface area contributed by atoms with Crippen molar-refractivity contribution in [1.29, 1.82) is 0 Å². The van der Waals surface area contributed by atoms with E-state index in [-0.39, 0.29) is 11.7 Å². The summed E-state index contributed by atoms with van der Waals surface area (Å²) >= 11 is 5.81. The van der Waals surface area contributed by atoms with Crippen molar-refractivity contribution in [2.24, 2.45) is 0 Å². The minimum Gasteiger partial charge on any atom is -0.494 e. The molecule has 1 heterocycles. The Morgan fingerprint density at radius 3 is 2.56 bits per heavy atom. The van der Waals surface area contributed by atoms with Crippen LogP contribution in [0, 0.1) is 0 Å². The summed E-state index contributed by atoms with van der Waals surface area (Å²) in [7, 11) is 0. The van der Waals surface area contributed by atoms with E-state index in [1.54, 1.807) is 36.4 Å². The predicted molar refractivity (Wildman–Crippen MR) is 98.8 cm³/mol. The second-order valence-corrected chi connectivity index (χ2v) is 5.55. The molecule has 0 radical (unpaired) electrons. The summed E-state index contributed by atoms with van der Waals surface area (Å²) in [4.78, 5) is 39.2. The fourth-order valence-electron chi connectivity index (χ4n) is 1.99. The SMILES string of the molecule is CCOc1ccc(C(=O)NCC(=O)OCC(=O)Nc2cccnc2Cl)cc1. The van der Waals surface area contributed by atoms with Crippen molar-refractivity contribution >= 4 is 35.1 Å². The lowest BCUT2D eigenvalue weighted by Crippen LogP contribution is -2.32. The van der Waals surface area contributed by atoms with Crippen LogP contribution in [0.25, 0.3) is 0 Å². The number of pyridine rings is 1. The number of rotatable bonds is 8. The first-order valence-corrected chi connectivity index (χ1v) is 8.44. The number of hydrogen-bond acceptors (Lipinski definition) is 6. The Hall–Kier alpha value is -3.13. The topological polar surface area (TPSA) is 107 Å². The van der Waals surface area contributed by atoms with Crippen LogP contribution in [0.1, 0.15) is 17.3 Å². The number of carbonyl (C=O) groups is 3. The molecule has 0 bridgehead atoms. The first-order chi connectivity index (χ1) is 13.0. The minimum atomic E-state index is -0.748. The van der Waals surface area contributed by atoms with Crippen molar-refractivity contribution in [2.45, 2.75) is 6.92 Å². The Morgan fingerprint density at radius 1 is 1.15 bits per heavy atom. The summed E-state index contributed by atoms with van der Waals surface area (Å²) in [6.45, 7) is 1.51. The molecule has 0 unspecified atom stereocenters. The fourth-order valence-corrected chi connectivity index (χ4v) is 2.15. The Kier molecular flexibility index (Phi) is 7.57. The lowest BCUT2D eigenvalue weighted by Gasteiger charge is -2.08. The van der Waals surface area contributed by atoms with Crippen molar-refractivity contribution in [1.82, 2.24) is 10.3 Å². The Bertz CT molecular complexity index is 811. The maximum Gasteiger partial charge on any atom is 0.325 e. The highest BCUT2D eigenvalue weighted by atomic mass is 35.5. The summed E-state index contributed by atoms with van der Waals surface area (Å²) in [6.07, 6.45) is 1.48. The number of halogens is 1. The van der Waals surface area contributed by atoms with Gasteiger partial charge in [0.2, 0.25) is 0 Å². The number of esters is 1. The van der Waals surface area contributed by atoms with E-state index in [9.17, 15) is 14.4 Å². The van der Waals surface area contributed by atoms with E-state index in [2.05, 4.69) is 15.6 Å². The molecule has 0 spiro atoms. The molecule has 0 saturated carbocycles. The molecule has 0 aliphatic heterocycles. The highest BCUT2D eigenvalue weighted by Crippen LogP contribution is 2.17. The van der Waals surface area contributed by atoms with Gasteiger partial charge in [0.05, 0.1) is 12.3 Å².